The molecule has 2 aromatic carbocycles. The summed E-state index contributed by atoms with van der Waals surface area (Å²) in [5, 5.41) is 27.2. The monoisotopic (exact) mass is 510 g/mol. The third-order valence-electron chi connectivity index (χ3n) is 6.76. The molecule has 3 amide bonds. The van der Waals surface area contributed by atoms with Crippen LogP contribution in [0.3, 0.4) is 0 Å². The first-order valence-electron chi connectivity index (χ1n) is 11.1. The van der Waals surface area contributed by atoms with Crippen LogP contribution in [0.2, 0.25) is 5.02 Å². The minimum absolute atomic E-state index is 0.228. The van der Waals surface area contributed by atoms with E-state index in [2.05, 4.69) is 10.5 Å². The van der Waals surface area contributed by atoms with Crippen LogP contribution in [0.15, 0.2) is 59.8 Å². The van der Waals surface area contributed by atoms with Gasteiger partial charge in [0.1, 0.15) is 24.1 Å². The van der Waals surface area contributed by atoms with Crippen LogP contribution in [0.1, 0.15) is 11.3 Å². The van der Waals surface area contributed by atoms with Crippen molar-refractivity contribution in [1.29, 1.82) is 0 Å². The predicted octanol–water partition coefficient (Wildman–Crippen LogP) is 2.65. The summed E-state index contributed by atoms with van der Waals surface area (Å²) < 4.78 is 1.03. The average Bonchev–Trinajstić information content (AvgIpc) is 3.41. The number of fused-ring (bicyclic) bond motifs is 2. The van der Waals surface area contributed by atoms with Crippen LogP contribution in [0.25, 0.3) is 10.9 Å². The number of oxime groups is 1. The molecule has 186 valence electrons. The minimum Gasteiger partial charge on any atom is -0.464 e. The topological polar surface area (TPSA) is 131 Å². The summed E-state index contributed by atoms with van der Waals surface area (Å²) in [4.78, 5) is 43.1. The van der Waals surface area contributed by atoms with Gasteiger partial charge < -0.3 is 15.2 Å². The molecule has 0 radical (unpaired) electrons. The molecule has 5 rings (SSSR count). The fourth-order valence-corrected chi connectivity index (χ4v) is 5.22. The van der Waals surface area contributed by atoms with Crippen molar-refractivity contribution in [2.24, 2.45) is 5.16 Å². The number of likely N-dealkylation sites (N-methyl/N-ethyl adjacent to an activating group) is 2. The lowest BCUT2D eigenvalue weighted by molar-refractivity contribution is -0.138. The highest BCUT2D eigenvalue weighted by molar-refractivity contribution is 6.35. The molecule has 0 spiro atoms. The van der Waals surface area contributed by atoms with E-state index in [1.807, 2.05) is 6.07 Å². The van der Waals surface area contributed by atoms with Gasteiger partial charge in [-0.25, -0.2) is 14.2 Å². The zero-order valence-electron chi connectivity index (χ0n) is 19.4. The second-order valence-electron chi connectivity index (χ2n) is 8.72. The largest absolute Gasteiger partial charge is 0.464 e. The summed E-state index contributed by atoms with van der Waals surface area (Å²) in [6.45, 7) is -0.263. The maximum absolute atomic E-state index is 13.6. The highest BCUT2D eigenvalue weighted by Gasteiger charge is 2.54. The van der Waals surface area contributed by atoms with Crippen LogP contribution in [-0.4, -0.2) is 85.8 Å². The van der Waals surface area contributed by atoms with Crippen LogP contribution < -0.4 is 5.32 Å². The Morgan fingerprint density at radius 3 is 2.50 bits per heavy atom. The summed E-state index contributed by atoms with van der Waals surface area (Å²) in [5.74, 6) is -0.501. The number of carbonyl (C=O) groups is 3. The predicted molar refractivity (Wildman–Crippen MR) is 131 cm³/mol. The van der Waals surface area contributed by atoms with Crippen molar-refractivity contribution in [1.82, 2.24) is 24.6 Å². The van der Waals surface area contributed by atoms with Crippen molar-refractivity contribution in [3.8, 4) is 0 Å². The molecule has 3 heterocycles. The van der Waals surface area contributed by atoms with Crippen LogP contribution in [-0.2, 0) is 11.3 Å². The first-order chi connectivity index (χ1) is 17.2. The number of nitrogens with one attached hydrogen (secondary N) is 1. The highest BCUT2D eigenvalue weighted by Crippen LogP contribution is 2.31. The van der Waals surface area contributed by atoms with Crippen molar-refractivity contribution in [3.05, 3.63) is 70.9 Å². The number of aromatic nitrogens is 1. The highest BCUT2D eigenvalue weighted by atomic mass is 35.5. The molecule has 0 saturated carbocycles. The van der Waals surface area contributed by atoms with E-state index in [9.17, 15) is 24.7 Å². The van der Waals surface area contributed by atoms with Gasteiger partial charge in [-0.2, -0.15) is 0 Å². The second kappa shape index (κ2) is 8.94. The van der Waals surface area contributed by atoms with Crippen LogP contribution in [0.5, 0.6) is 0 Å². The van der Waals surface area contributed by atoms with E-state index in [0.29, 0.717) is 27.2 Å². The maximum Gasteiger partial charge on any atom is 0.416 e. The van der Waals surface area contributed by atoms with Gasteiger partial charge in [-0.05, 0) is 25.2 Å². The molecule has 3 unspecified atom stereocenters. The van der Waals surface area contributed by atoms with Gasteiger partial charge in [-0.15, -0.1) is 0 Å². The van der Waals surface area contributed by atoms with Crippen molar-refractivity contribution in [3.63, 3.8) is 0 Å². The molecule has 3 N–H and O–H groups in total. The van der Waals surface area contributed by atoms with Crippen molar-refractivity contribution in [2.45, 2.75) is 24.9 Å². The van der Waals surface area contributed by atoms with Crippen molar-refractivity contribution >= 4 is 46.2 Å². The van der Waals surface area contributed by atoms with E-state index in [1.165, 1.54) is 4.90 Å². The van der Waals surface area contributed by atoms with Crippen LogP contribution in [0, 0.1) is 0 Å². The Bertz CT molecular complexity index is 1410. The Balaban J connectivity index is 1.49. The molecule has 2 aliphatic rings. The van der Waals surface area contributed by atoms with Crippen molar-refractivity contribution < 1.29 is 24.7 Å². The smallest absolute Gasteiger partial charge is 0.416 e. The molecular weight excluding hydrogens is 488 g/mol. The molecule has 2 aliphatic heterocycles. The van der Waals surface area contributed by atoms with Gasteiger partial charge in [-0.3, -0.25) is 19.9 Å². The lowest BCUT2D eigenvalue weighted by atomic mass is 10.1. The van der Waals surface area contributed by atoms with Gasteiger partial charge in [0.2, 0.25) is 0 Å². The van der Waals surface area contributed by atoms with Gasteiger partial charge in [-0.1, -0.05) is 53.2 Å². The number of hydrogen-bond donors (Lipinski definition) is 3. The van der Waals surface area contributed by atoms with E-state index in [1.54, 1.807) is 67.5 Å². The van der Waals surface area contributed by atoms with Gasteiger partial charge in [0.25, 0.3) is 5.91 Å². The lowest BCUT2D eigenvalue weighted by Gasteiger charge is -2.40. The molecule has 2 fully saturated rings. The van der Waals surface area contributed by atoms with Gasteiger partial charge in [0, 0.05) is 23.0 Å². The van der Waals surface area contributed by atoms with E-state index >= 15 is 0 Å². The van der Waals surface area contributed by atoms with E-state index in [-0.39, 0.29) is 12.2 Å². The molecule has 3 atom stereocenters. The SMILES string of the molecule is CN1C(=O)N(Cc2cc3c(Cl)cccc3n2C(=O)O)C(=O)C2C1NC(C(=NO)c1ccccc1)N2C. The number of hydrogen-bond acceptors (Lipinski definition) is 7. The standard InChI is InChI=1S/C24H23ClN6O5/c1-28-19-21(26-20(28)18(27-36)13-7-4-3-5-8-13)29(2)23(33)30(22(19)32)12-14-11-15-16(25)9-6-10-17(15)31(14)24(34)35/h3-11,19-21,26,36H,12H2,1-2H3,(H,34,35). The van der Waals surface area contributed by atoms with Crippen molar-refractivity contribution in [2.75, 3.05) is 14.1 Å². The summed E-state index contributed by atoms with van der Waals surface area (Å²) in [6.07, 6.45) is -2.59. The number of carbonyl (C=O) groups excluding carboxylic acids is 2. The molecule has 0 bridgehead atoms. The first kappa shape index (κ1) is 23.8. The molecule has 2 saturated heterocycles. The summed E-state index contributed by atoms with van der Waals surface area (Å²) in [6, 6.07) is 14.1. The molecular formula is C24H23ClN6O5. The average molecular weight is 511 g/mol. The molecule has 0 aliphatic carbocycles. The van der Waals surface area contributed by atoms with E-state index in [0.717, 1.165) is 9.47 Å². The Hall–Kier alpha value is -3.93. The summed E-state index contributed by atoms with van der Waals surface area (Å²) in [5.41, 5.74) is 1.54. The zero-order chi connectivity index (χ0) is 25.7. The fraction of sp³-hybridized carbons (Fsp3) is 0.250. The number of rotatable bonds is 4. The van der Waals surface area contributed by atoms with E-state index < -0.39 is 36.4 Å². The molecule has 12 heteroatoms. The third-order valence-corrected chi connectivity index (χ3v) is 7.09. The normalized spacial score (nSPS) is 23.0. The number of benzene rings is 2. The third kappa shape index (κ3) is 3.60. The number of urea groups is 1. The number of imide groups is 1. The first-order valence-corrected chi connectivity index (χ1v) is 11.5. The Morgan fingerprint density at radius 2 is 1.83 bits per heavy atom. The number of carboxylic acid groups (broad SMARTS) is 1. The summed E-state index contributed by atoms with van der Waals surface area (Å²) >= 11 is 6.26. The zero-order valence-corrected chi connectivity index (χ0v) is 20.1. The molecule has 11 nitrogen and oxygen atoms in total. The van der Waals surface area contributed by atoms with Crippen LogP contribution >= 0.6 is 11.6 Å². The number of halogens is 1. The van der Waals surface area contributed by atoms with Gasteiger partial charge in [0.05, 0.1) is 17.8 Å². The fourth-order valence-electron chi connectivity index (χ4n) is 5.00. The second-order valence-corrected chi connectivity index (χ2v) is 9.13. The Kier molecular flexibility index (Phi) is 5.91. The Labute approximate surface area is 210 Å². The van der Waals surface area contributed by atoms with E-state index in [4.69, 9.17) is 11.6 Å². The maximum atomic E-state index is 13.6. The van der Waals surface area contributed by atoms with Gasteiger partial charge >= 0.3 is 12.1 Å². The van der Waals surface area contributed by atoms with Crippen LogP contribution in [0.4, 0.5) is 9.59 Å². The van der Waals surface area contributed by atoms with Gasteiger partial charge in [0.15, 0.2) is 0 Å². The molecule has 36 heavy (non-hydrogen) atoms. The molecule has 1 aromatic heterocycles. The number of amides is 3. The lowest BCUT2D eigenvalue weighted by Crippen LogP contribution is -2.65. The summed E-state index contributed by atoms with van der Waals surface area (Å²) in [7, 11) is 3.26. The number of nitrogens with zero attached hydrogens (tertiary/aromatic N) is 5. The Morgan fingerprint density at radius 1 is 1.11 bits per heavy atom. The molecule has 3 aromatic rings. The quantitative estimate of drug-likeness (QED) is 0.279. The minimum atomic E-state index is -1.25.